The predicted octanol–water partition coefficient (Wildman–Crippen LogP) is 2.34. The molecule has 0 aliphatic heterocycles. The molecule has 2 aromatic heterocycles. The Hall–Kier alpha value is -2.54. The molecule has 0 fully saturated rings. The van der Waals surface area contributed by atoms with Crippen LogP contribution in [0.25, 0.3) is 0 Å². The monoisotopic (exact) mass is 315 g/mol. The van der Waals surface area contributed by atoms with Crippen LogP contribution in [0.4, 0.5) is 11.5 Å². The minimum absolute atomic E-state index is 0.0418. The molecule has 122 valence electrons. The van der Waals surface area contributed by atoms with Crippen LogP contribution in [-0.2, 0) is 6.54 Å². The van der Waals surface area contributed by atoms with Crippen molar-refractivity contribution in [2.24, 2.45) is 0 Å². The van der Waals surface area contributed by atoms with E-state index in [0.29, 0.717) is 12.4 Å². The molecule has 7 heteroatoms. The van der Waals surface area contributed by atoms with E-state index in [9.17, 15) is 10.1 Å². The summed E-state index contributed by atoms with van der Waals surface area (Å²) in [4.78, 5) is 22.8. The maximum atomic E-state index is 11.0. The van der Waals surface area contributed by atoms with Gasteiger partial charge in [0, 0.05) is 44.8 Å². The fourth-order valence-corrected chi connectivity index (χ4v) is 2.39. The molecule has 2 heterocycles. The largest absolute Gasteiger partial charge is 0.354 e. The van der Waals surface area contributed by atoms with Crippen molar-refractivity contribution < 1.29 is 4.92 Å². The molecule has 0 aromatic carbocycles. The lowest BCUT2D eigenvalue weighted by Gasteiger charge is -2.21. The highest BCUT2D eigenvalue weighted by Gasteiger charge is 2.17. The molecule has 0 radical (unpaired) electrons. The lowest BCUT2D eigenvalue weighted by Crippen LogP contribution is -2.26. The molecular formula is C16H21N5O2. The molecule has 0 bridgehead atoms. The fourth-order valence-electron chi connectivity index (χ4n) is 2.39. The van der Waals surface area contributed by atoms with Gasteiger partial charge in [0.05, 0.1) is 4.92 Å². The third-order valence-electron chi connectivity index (χ3n) is 3.56. The third-order valence-corrected chi connectivity index (χ3v) is 3.56. The number of nitrogens with zero attached hydrogens (tertiary/aromatic N) is 5. The second kappa shape index (κ2) is 8.19. The van der Waals surface area contributed by atoms with Gasteiger partial charge in [0.2, 0.25) is 5.82 Å². The molecule has 0 saturated heterocycles. The Kier molecular flexibility index (Phi) is 5.99. The molecule has 0 atom stereocenters. The van der Waals surface area contributed by atoms with Crippen LogP contribution in [0, 0.1) is 10.1 Å². The van der Waals surface area contributed by atoms with Gasteiger partial charge in [-0.25, -0.2) is 4.98 Å². The van der Waals surface area contributed by atoms with Crippen molar-refractivity contribution in [3.05, 3.63) is 58.5 Å². The molecule has 0 N–H and O–H groups in total. The summed E-state index contributed by atoms with van der Waals surface area (Å²) in [5, 5.41) is 11.0. The molecule has 2 rings (SSSR count). The first-order valence-electron chi connectivity index (χ1n) is 7.46. The lowest BCUT2D eigenvalue weighted by atomic mass is 10.2. The molecule has 0 aliphatic carbocycles. The number of pyridine rings is 2. The number of nitro groups is 1. The van der Waals surface area contributed by atoms with Gasteiger partial charge < -0.3 is 9.80 Å². The summed E-state index contributed by atoms with van der Waals surface area (Å²) in [6, 6.07) is 7.06. The molecule has 23 heavy (non-hydrogen) atoms. The summed E-state index contributed by atoms with van der Waals surface area (Å²) in [7, 11) is 3.89. The zero-order chi connectivity index (χ0) is 16.7. The van der Waals surface area contributed by atoms with Crippen LogP contribution >= 0.6 is 0 Å². The first-order valence-corrected chi connectivity index (χ1v) is 7.46. The van der Waals surface area contributed by atoms with Gasteiger partial charge in [0.15, 0.2) is 0 Å². The topological polar surface area (TPSA) is 75.4 Å². The van der Waals surface area contributed by atoms with Crippen molar-refractivity contribution in [2.45, 2.75) is 13.0 Å². The van der Waals surface area contributed by atoms with Crippen molar-refractivity contribution in [3.63, 3.8) is 0 Å². The van der Waals surface area contributed by atoms with E-state index in [1.807, 2.05) is 24.1 Å². The number of hydrogen-bond donors (Lipinski definition) is 0. The summed E-state index contributed by atoms with van der Waals surface area (Å²) in [6.45, 7) is 2.46. The standard InChI is InChI=1S/C16H21N5O2/c1-19(13-14-6-9-17-10-7-14)11-4-12-20(2)16-15(21(22)23)5-3-8-18-16/h3,5-10H,4,11-13H2,1-2H3. The SMILES string of the molecule is CN(CCCN(C)c1ncccc1[N+](=O)[O-])Cc1ccncc1. The number of aromatic nitrogens is 2. The molecule has 0 aliphatic rings. The van der Waals surface area contributed by atoms with E-state index in [1.54, 1.807) is 24.7 Å². The van der Waals surface area contributed by atoms with Crippen molar-refractivity contribution in [1.82, 2.24) is 14.9 Å². The maximum absolute atomic E-state index is 11.0. The average molecular weight is 315 g/mol. The summed E-state index contributed by atoms with van der Waals surface area (Å²) in [5.41, 5.74) is 1.26. The Morgan fingerprint density at radius 1 is 1.13 bits per heavy atom. The molecule has 0 saturated carbocycles. The van der Waals surface area contributed by atoms with Gasteiger partial charge in [-0.3, -0.25) is 15.1 Å². The zero-order valence-electron chi connectivity index (χ0n) is 13.4. The summed E-state index contributed by atoms with van der Waals surface area (Å²) in [6.07, 6.45) is 6.05. The quantitative estimate of drug-likeness (QED) is 0.550. The summed E-state index contributed by atoms with van der Waals surface area (Å²) < 4.78 is 0. The number of rotatable bonds is 8. The van der Waals surface area contributed by atoms with Crippen LogP contribution < -0.4 is 4.90 Å². The zero-order valence-corrected chi connectivity index (χ0v) is 13.4. The van der Waals surface area contributed by atoms with E-state index in [-0.39, 0.29) is 5.69 Å². The number of anilines is 1. The Bertz CT molecular complexity index is 635. The highest BCUT2D eigenvalue weighted by atomic mass is 16.6. The van der Waals surface area contributed by atoms with E-state index in [2.05, 4.69) is 21.9 Å². The summed E-state index contributed by atoms with van der Waals surface area (Å²) >= 11 is 0. The second-order valence-electron chi connectivity index (χ2n) is 5.47. The Labute approximate surface area is 135 Å². The van der Waals surface area contributed by atoms with Crippen LogP contribution in [0.15, 0.2) is 42.9 Å². The number of hydrogen-bond acceptors (Lipinski definition) is 6. The average Bonchev–Trinajstić information content (AvgIpc) is 2.55. The van der Waals surface area contributed by atoms with Gasteiger partial charge in [-0.15, -0.1) is 0 Å². The van der Waals surface area contributed by atoms with Crippen molar-refractivity contribution in [1.29, 1.82) is 0 Å². The maximum Gasteiger partial charge on any atom is 0.311 e. The van der Waals surface area contributed by atoms with E-state index in [4.69, 9.17) is 0 Å². The van der Waals surface area contributed by atoms with E-state index in [0.717, 1.165) is 19.5 Å². The van der Waals surface area contributed by atoms with Gasteiger partial charge in [-0.05, 0) is 43.8 Å². The van der Waals surface area contributed by atoms with Gasteiger partial charge in [-0.1, -0.05) is 0 Å². The van der Waals surface area contributed by atoms with E-state index in [1.165, 1.54) is 11.6 Å². The highest BCUT2D eigenvalue weighted by molar-refractivity contribution is 5.56. The molecular weight excluding hydrogens is 294 g/mol. The molecule has 0 amide bonds. The fraction of sp³-hybridized carbons (Fsp3) is 0.375. The second-order valence-corrected chi connectivity index (χ2v) is 5.47. The molecule has 0 unspecified atom stereocenters. The van der Waals surface area contributed by atoms with Gasteiger partial charge in [-0.2, -0.15) is 0 Å². The lowest BCUT2D eigenvalue weighted by molar-refractivity contribution is -0.384. The van der Waals surface area contributed by atoms with Crippen molar-refractivity contribution in [2.75, 3.05) is 32.1 Å². The smallest absolute Gasteiger partial charge is 0.311 e. The molecule has 0 spiro atoms. The van der Waals surface area contributed by atoms with Crippen LogP contribution in [-0.4, -0.2) is 47.0 Å². The Balaban J connectivity index is 1.83. The van der Waals surface area contributed by atoms with Gasteiger partial charge in [0.1, 0.15) is 0 Å². The van der Waals surface area contributed by atoms with E-state index < -0.39 is 4.92 Å². The Morgan fingerprint density at radius 2 is 1.87 bits per heavy atom. The first kappa shape index (κ1) is 16.8. The third kappa shape index (κ3) is 5.00. The van der Waals surface area contributed by atoms with Crippen LogP contribution in [0.5, 0.6) is 0 Å². The molecule has 2 aromatic rings. The molecule has 7 nitrogen and oxygen atoms in total. The Morgan fingerprint density at radius 3 is 2.57 bits per heavy atom. The first-order chi connectivity index (χ1) is 11.1. The predicted molar refractivity (Wildman–Crippen MR) is 89.3 cm³/mol. The van der Waals surface area contributed by atoms with E-state index >= 15 is 0 Å². The van der Waals surface area contributed by atoms with Crippen LogP contribution in [0.2, 0.25) is 0 Å². The van der Waals surface area contributed by atoms with Crippen molar-refractivity contribution in [3.8, 4) is 0 Å². The normalized spacial score (nSPS) is 10.7. The highest BCUT2D eigenvalue weighted by Crippen LogP contribution is 2.23. The van der Waals surface area contributed by atoms with Crippen molar-refractivity contribution >= 4 is 11.5 Å². The minimum atomic E-state index is -0.394. The van der Waals surface area contributed by atoms with Gasteiger partial charge in [0.25, 0.3) is 0 Å². The van der Waals surface area contributed by atoms with Crippen LogP contribution in [0.1, 0.15) is 12.0 Å². The van der Waals surface area contributed by atoms with Crippen LogP contribution in [0.3, 0.4) is 0 Å². The summed E-state index contributed by atoms with van der Waals surface area (Å²) in [5.74, 6) is 0.411. The van der Waals surface area contributed by atoms with Gasteiger partial charge >= 0.3 is 5.69 Å². The minimum Gasteiger partial charge on any atom is -0.354 e.